The van der Waals surface area contributed by atoms with Crippen LogP contribution in [0.5, 0.6) is 0 Å². The molecule has 0 aliphatic carbocycles. The number of anilines is 2. The minimum atomic E-state index is 0.00181. The third-order valence-corrected chi connectivity index (χ3v) is 1.90. The molecule has 0 aliphatic heterocycles. The van der Waals surface area contributed by atoms with Gasteiger partial charge in [-0.1, -0.05) is 20.8 Å². The van der Waals surface area contributed by atoms with Gasteiger partial charge >= 0.3 is 0 Å². The summed E-state index contributed by atoms with van der Waals surface area (Å²) in [5, 5.41) is 0. The molecule has 0 amide bonds. The Morgan fingerprint density at radius 2 is 1.79 bits per heavy atom. The second-order valence-corrected chi connectivity index (χ2v) is 4.62. The fourth-order valence-electron chi connectivity index (χ4n) is 1.04. The predicted octanol–water partition coefficient (Wildman–Crippen LogP) is 1.42. The third-order valence-electron chi connectivity index (χ3n) is 1.90. The molecule has 0 fully saturated rings. The summed E-state index contributed by atoms with van der Waals surface area (Å²) < 4.78 is 0. The summed E-state index contributed by atoms with van der Waals surface area (Å²) in [5.74, 6) is 1.18. The number of hydrogen-bond acceptors (Lipinski definition) is 4. The highest BCUT2D eigenvalue weighted by Crippen LogP contribution is 2.22. The molecule has 0 aromatic carbocycles. The van der Waals surface area contributed by atoms with Gasteiger partial charge in [0.1, 0.15) is 5.82 Å². The maximum Gasteiger partial charge on any atom is 0.227 e. The molecule has 0 saturated heterocycles. The van der Waals surface area contributed by atoms with E-state index in [0.29, 0.717) is 11.8 Å². The maximum atomic E-state index is 5.72. The van der Waals surface area contributed by atoms with Gasteiger partial charge in [0, 0.05) is 25.6 Å². The number of rotatable bonds is 1. The first kappa shape index (κ1) is 10.8. The summed E-state index contributed by atoms with van der Waals surface area (Å²) in [7, 11) is 3.81. The zero-order valence-electron chi connectivity index (χ0n) is 9.50. The minimum Gasteiger partial charge on any atom is -0.384 e. The lowest BCUT2D eigenvalue weighted by atomic mass is 9.92. The molecule has 0 unspecified atom stereocenters. The summed E-state index contributed by atoms with van der Waals surface area (Å²) in [6, 6.07) is 1.83. The van der Waals surface area contributed by atoms with Gasteiger partial charge in [-0.05, 0) is 0 Å². The summed E-state index contributed by atoms with van der Waals surface area (Å²) in [4.78, 5) is 10.4. The number of hydrogen-bond donors (Lipinski definition) is 1. The average Bonchev–Trinajstić information content (AvgIpc) is 2.01. The van der Waals surface area contributed by atoms with Crippen molar-refractivity contribution in [3.8, 4) is 0 Å². The van der Waals surface area contributed by atoms with E-state index in [4.69, 9.17) is 5.73 Å². The molecule has 1 heterocycles. The number of nitrogen functional groups attached to an aromatic ring is 1. The van der Waals surface area contributed by atoms with Gasteiger partial charge in [0.2, 0.25) is 5.95 Å². The largest absolute Gasteiger partial charge is 0.384 e. The van der Waals surface area contributed by atoms with Crippen LogP contribution in [0.3, 0.4) is 0 Å². The molecule has 2 N–H and O–H groups in total. The average molecular weight is 194 g/mol. The van der Waals surface area contributed by atoms with Crippen molar-refractivity contribution in [2.24, 2.45) is 0 Å². The molecule has 0 spiro atoms. The Kier molecular flexibility index (Phi) is 2.64. The third kappa shape index (κ3) is 2.34. The monoisotopic (exact) mass is 194 g/mol. The molecule has 1 rings (SSSR count). The van der Waals surface area contributed by atoms with Crippen LogP contribution in [0, 0.1) is 0 Å². The van der Waals surface area contributed by atoms with Crippen LogP contribution < -0.4 is 10.6 Å². The lowest BCUT2D eigenvalue weighted by Crippen LogP contribution is -2.19. The van der Waals surface area contributed by atoms with Gasteiger partial charge in [0.15, 0.2) is 0 Å². The van der Waals surface area contributed by atoms with Gasteiger partial charge in [-0.3, -0.25) is 0 Å². The van der Waals surface area contributed by atoms with E-state index in [2.05, 4.69) is 30.7 Å². The van der Waals surface area contributed by atoms with Gasteiger partial charge in [0.05, 0.1) is 5.69 Å². The number of nitrogens with zero attached hydrogens (tertiary/aromatic N) is 3. The van der Waals surface area contributed by atoms with Crippen LogP contribution in [-0.4, -0.2) is 24.1 Å². The predicted molar refractivity (Wildman–Crippen MR) is 59.5 cm³/mol. The van der Waals surface area contributed by atoms with Crippen molar-refractivity contribution in [2.45, 2.75) is 26.2 Å². The molecule has 0 saturated carbocycles. The molecular formula is C10H18N4. The van der Waals surface area contributed by atoms with Crippen LogP contribution in [0.4, 0.5) is 11.8 Å². The Hall–Kier alpha value is -1.32. The van der Waals surface area contributed by atoms with Gasteiger partial charge in [-0.2, -0.15) is 4.98 Å². The Morgan fingerprint density at radius 1 is 1.21 bits per heavy atom. The normalized spacial score (nSPS) is 11.5. The molecule has 4 heteroatoms. The molecule has 14 heavy (non-hydrogen) atoms. The molecule has 1 aromatic rings. The quantitative estimate of drug-likeness (QED) is 0.734. The first-order valence-electron chi connectivity index (χ1n) is 4.63. The summed E-state index contributed by atoms with van der Waals surface area (Å²) >= 11 is 0. The Morgan fingerprint density at radius 3 is 2.21 bits per heavy atom. The van der Waals surface area contributed by atoms with E-state index in [1.807, 2.05) is 25.1 Å². The number of nitrogens with two attached hydrogens (primary N) is 1. The van der Waals surface area contributed by atoms with Crippen molar-refractivity contribution in [3.05, 3.63) is 11.8 Å². The van der Waals surface area contributed by atoms with Crippen LogP contribution in [-0.2, 0) is 5.41 Å². The lowest BCUT2D eigenvalue weighted by Gasteiger charge is -2.20. The van der Waals surface area contributed by atoms with Gasteiger partial charge in [-0.25, -0.2) is 4.98 Å². The fourth-order valence-corrected chi connectivity index (χ4v) is 1.04. The highest BCUT2D eigenvalue weighted by Gasteiger charge is 2.17. The fraction of sp³-hybridized carbons (Fsp3) is 0.600. The smallest absolute Gasteiger partial charge is 0.227 e. The van der Waals surface area contributed by atoms with Gasteiger partial charge in [-0.15, -0.1) is 0 Å². The summed E-state index contributed by atoms with van der Waals surface area (Å²) in [6.45, 7) is 6.32. The highest BCUT2D eigenvalue weighted by atomic mass is 15.2. The molecular weight excluding hydrogens is 176 g/mol. The van der Waals surface area contributed by atoms with Crippen molar-refractivity contribution >= 4 is 11.8 Å². The zero-order chi connectivity index (χ0) is 10.9. The number of aromatic nitrogens is 2. The van der Waals surface area contributed by atoms with E-state index >= 15 is 0 Å². The molecule has 0 radical (unpaired) electrons. The Balaban J connectivity index is 3.21. The van der Waals surface area contributed by atoms with E-state index in [9.17, 15) is 0 Å². The van der Waals surface area contributed by atoms with Crippen LogP contribution in [0.1, 0.15) is 26.5 Å². The minimum absolute atomic E-state index is 0.00181. The first-order valence-corrected chi connectivity index (χ1v) is 4.63. The molecule has 4 nitrogen and oxygen atoms in total. The van der Waals surface area contributed by atoms with Crippen LogP contribution >= 0.6 is 0 Å². The van der Waals surface area contributed by atoms with Gasteiger partial charge in [0.25, 0.3) is 0 Å². The standard InChI is InChI=1S/C10H18N4/c1-10(2,3)7-6-8(11)13-9(12-7)14(4)5/h6H,1-5H3,(H2,11,12,13). The molecule has 1 aromatic heterocycles. The SMILES string of the molecule is CN(C)c1nc(N)cc(C(C)(C)C)n1. The van der Waals surface area contributed by atoms with E-state index in [-0.39, 0.29) is 5.41 Å². The van der Waals surface area contributed by atoms with Crippen LogP contribution in [0.15, 0.2) is 6.07 Å². The highest BCUT2D eigenvalue weighted by molar-refractivity contribution is 5.41. The second-order valence-electron chi connectivity index (χ2n) is 4.62. The van der Waals surface area contributed by atoms with Crippen molar-refractivity contribution in [2.75, 3.05) is 24.7 Å². The van der Waals surface area contributed by atoms with Crippen LogP contribution in [0.2, 0.25) is 0 Å². The molecule has 78 valence electrons. The first-order chi connectivity index (χ1) is 6.30. The Labute approximate surface area is 85.2 Å². The van der Waals surface area contributed by atoms with E-state index < -0.39 is 0 Å². The van der Waals surface area contributed by atoms with E-state index in [1.54, 1.807) is 0 Å². The molecule has 0 bridgehead atoms. The maximum absolute atomic E-state index is 5.72. The second kappa shape index (κ2) is 3.44. The topological polar surface area (TPSA) is 55.0 Å². The van der Waals surface area contributed by atoms with E-state index in [1.165, 1.54) is 0 Å². The van der Waals surface area contributed by atoms with Crippen LogP contribution in [0.25, 0.3) is 0 Å². The summed E-state index contributed by atoms with van der Waals surface area (Å²) in [5.41, 5.74) is 6.68. The van der Waals surface area contributed by atoms with Crippen molar-refractivity contribution in [1.29, 1.82) is 0 Å². The van der Waals surface area contributed by atoms with Crippen molar-refractivity contribution in [1.82, 2.24) is 9.97 Å². The Bertz CT molecular complexity index is 325. The molecule has 0 aliphatic rings. The lowest BCUT2D eigenvalue weighted by molar-refractivity contribution is 0.567. The zero-order valence-corrected chi connectivity index (χ0v) is 9.50. The van der Waals surface area contributed by atoms with Crippen molar-refractivity contribution < 1.29 is 0 Å². The molecule has 0 atom stereocenters. The van der Waals surface area contributed by atoms with Gasteiger partial charge < -0.3 is 10.6 Å². The van der Waals surface area contributed by atoms with E-state index in [0.717, 1.165) is 5.69 Å². The van der Waals surface area contributed by atoms with Crippen molar-refractivity contribution in [3.63, 3.8) is 0 Å². The summed E-state index contributed by atoms with van der Waals surface area (Å²) in [6.07, 6.45) is 0.